The van der Waals surface area contributed by atoms with Crippen molar-refractivity contribution >= 4 is 11.6 Å². The van der Waals surface area contributed by atoms with Crippen molar-refractivity contribution in [3.05, 3.63) is 0 Å². The summed E-state index contributed by atoms with van der Waals surface area (Å²) in [4.78, 5) is 2.54. The van der Waals surface area contributed by atoms with Crippen LogP contribution in [0.4, 0.5) is 0 Å². The van der Waals surface area contributed by atoms with Crippen LogP contribution in [-0.4, -0.2) is 30.4 Å². The molecule has 0 rings (SSSR count). The van der Waals surface area contributed by atoms with Gasteiger partial charge in [0.05, 0.1) is 0 Å². The Balaban J connectivity index is 3.25. The lowest BCUT2D eigenvalue weighted by atomic mass is 10.2. The molecule has 0 radical (unpaired) electrons. The SMILES string of the molecule is CCCCN(CC)CCCCCCl. The quantitative estimate of drug-likeness (QED) is 0.411. The van der Waals surface area contributed by atoms with Gasteiger partial charge in [-0.15, -0.1) is 11.6 Å². The molecule has 0 saturated heterocycles. The van der Waals surface area contributed by atoms with E-state index in [4.69, 9.17) is 11.6 Å². The Labute approximate surface area is 88.5 Å². The van der Waals surface area contributed by atoms with Crippen LogP contribution in [0.2, 0.25) is 0 Å². The summed E-state index contributed by atoms with van der Waals surface area (Å²) in [5.41, 5.74) is 0. The van der Waals surface area contributed by atoms with Crippen molar-refractivity contribution in [3.63, 3.8) is 0 Å². The zero-order valence-electron chi connectivity index (χ0n) is 9.19. The normalized spacial score (nSPS) is 11.1. The molecule has 0 bridgehead atoms. The minimum atomic E-state index is 0.821. The topological polar surface area (TPSA) is 3.24 Å². The highest BCUT2D eigenvalue weighted by atomic mass is 35.5. The van der Waals surface area contributed by atoms with Gasteiger partial charge in [0.1, 0.15) is 0 Å². The van der Waals surface area contributed by atoms with Crippen molar-refractivity contribution in [1.29, 1.82) is 0 Å². The second kappa shape index (κ2) is 10.3. The first-order valence-electron chi connectivity index (χ1n) is 5.63. The van der Waals surface area contributed by atoms with Crippen molar-refractivity contribution < 1.29 is 0 Å². The zero-order chi connectivity index (χ0) is 9.94. The van der Waals surface area contributed by atoms with Gasteiger partial charge in [-0.25, -0.2) is 0 Å². The molecule has 2 heteroatoms. The molecule has 0 aliphatic heterocycles. The van der Waals surface area contributed by atoms with Crippen LogP contribution in [0.1, 0.15) is 46.0 Å². The molecule has 0 aliphatic rings. The predicted molar refractivity (Wildman–Crippen MR) is 61.6 cm³/mol. The average molecular weight is 206 g/mol. The second-order valence-electron chi connectivity index (χ2n) is 3.54. The van der Waals surface area contributed by atoms with Crippen LogP contribution < -0.4 is 0 Å². The molecule has 0 unspecified atom stereocenters. The summed E-state index contributed by atoms with van der Waals surface area (Å²) in [6.07, 6.45) is 6.41. The third-order valence-electron chi connectivity index (χ3n) is 2.38. The second-order valence-corrected chi connectivity index (χ2v) is 3.92. The average Bonchev–Trinajstić information content (AvgIpc) is 2.17. The number of nitrogens with zero attached hydrogens (tertiary/aromatic N) is 1. The molecule has 0 aromatic carbocycles. The fourth-order valence-corrected chi connectivity index (χ4v) is 1.61. The molecule has 0 spiro atoms. The molecule has 0 aliphatic carbocycles. The van der Waals surface area contributed by atoms with E-state index in [1.807, 2.05) is 0 Å². The lowest BCUT2D eigenvalue weighted by molar-refractivity contribution is 0.277. The molecule has 0 aromatic heterocycles. The van der Waals surface area contributed by atoms with Crippen LogP contribution in [0.3, 0.4) is 0 Å². The third-order valence-corrected chi connectivity index (χ3v) is 2.65. The van der Waals surface area contributed by atoms with Crippen LogP contribution in [0.15, 0.2) is 0 Å². The van der Waals surface area contributed by atoms with E-state index in [2.05, 4.69) is 18.7 Å². The van der Waals surface area contributed by atoms with Crippen molar-refractivity contribution in [2.45, 2.75) is 46.0 Å². The summed E-state index contributed by atoms with van der Waals surface area (Å²) >= 11 is 5.62. The van der Waals surface area contributed by atoms with Crippen LogP contribution in [0, 0.1) is 0 Å². The van der Waals surface area contributed by atoms with Gasteiger partial charge in [0.15, 0.2) is 0 Å². The van der Waals surface area contributed by atoms with Gasteiger partial charge >= 0.3 is 0 Å². The van der Waals surface area contributed by atoms with E-state index in [1.165, 1.54) is 51.7 Å². The highest BCUT2D eigenvalue weighted by Gasteiger charge is 1.99. The molecule has 0 fully saturated rings. The van der Waals surface area contributed by atoms with E-state index in [1.54, 1.807) is 0 Å². The maximum Gasteiger partial charge on any atom is 0.0223 e. The highest BCUT2D eigenvalue weighted by molar-refractivity contribution is 6.17. The molecule has 0 atom stereocenters. The summed E-state index contributed by atoms with van der Waals surface area (Å²) in [5, 5.41) is 0. The van der Waals surface area contributed by atoms with Gasteiger partial charge in [0.2, 0.25) is 0 Å². The first kappa shape index (κ1) is 13.2. The summed E-state index contributed by atoms with van der Waals surface area (Å²) in [6, 6.07) is 0. The minimum Gasteiger partial charge on any atom is -0.304 e. The Morgan fingerprint density at radius 1 is 0.923 bits per heavy atom. The van der Waals surface area contributed by atoms with E-state index < -0.39 is 0 Å². The Morgan fingerprint density at radius 2 is 1.62 bits per heavy atom. The van der Waals surface area contributed by atoms with Crippen molar-refractivity contribution in [2.75, 3.05) is 25.5 Å². The maximum absolute atomic E-state index is 5.62. The lowest BCUT2D eigenvalue weighted by Crippen LogP contribution is -2.25. The standard InChI is InChI=1S/C11H24ClN/c1-3-5-10-13(4-2)11-8-6-7-9-12/h3-11H2,1-2H3. The smallest absolute Gasteiger partial charge is 0.0223 e. The van der Waals surface area contributed by atoms with Gasteiger partial charge in [0, 0.05) is 5.88 Å². The lowest BCUT2D eigenvalue weighted by Gasteiger charge is -2.19. The van der Waals surface area contributed by atoms with Crippen LogP contribution >= 0.6 is 11.6 Å². The number of rotatable bonds is 9. The Morgan fingerprint density at radius 3 is 2.15 bits per heavy atom. The highest BCUT2D eigenvalue weighted by Crippen LogP contribution is 2.01. The zero-order valence-corrected chi connectivity index (χ0v) is 9.95. The molecule has 80 valence electrons. The van der Waals surface area contributed by atoms with Crippen molar-refractivity contribution in [2.24, 2.45) is 0 Å². The summed E-state index contributed by atoms with van der Waals surface area (Å²) in [7, 11) is 0. The van der Waals surface area contributed by atoms with Crippen molar-refractivity contribution in [1.82, 2.24) is 4.90 Å². The third kappa shape index (κ3) is 8.58. The van der Waals surface area contributed by atoms with Gasteiger partial charge in [-0.3, -0.25) is 0 Å². The fraction of sp³-hybridized carbons (Fsp3) is 1.00. The number of hydrogen-bond acceptors (Lipinski definition) is 1. The predicted octanol–water partition coefficient (Wildman–Crippen LogP) is 3.52. The maximum atomic E-state index is 5.62. The molecule has 13 heavy (non-hydrogen) atoms. The van der Waals surface area contributed by atoms with Gasteiger partial charge in [-0.2, -0.15) is 0 Å². The van der Waals surface area contributed by atoms with Crippen LogP contribution in [-0.2, 0) is 0 Å². The van der Waals surface area contributed by atoms with Gasteiger partial charge in [-0.1, -0.05) is 26.7 Å². The first-order valence-corrected chi connectivity index (χ1v) is 6.16. The molecule has 1 nitrogen and oxygen atoms in total. The first-order chi connectivity index (χ1) is 6.35. The van der Waals surface area contributed by atoms with E-state index in [-0.39, 0.29) is 0 Å². The Bertz CT molecular complexity index is 96.1. The van der Waals surface area contributed by atoms with Crippen LogP contribution in [0.5, 0.6) is 0 Å². The van der Waals surface area contributed by atoms with Gasteiger partial charge in [-0.05, 0) is 38.9 Å². The summed E-state index contributed by atoms with van der Waals surface area (Å²) < 4.78 is 0. The number of hydrogen-bond donors (Lipinski definition) is 0. The van der Waals surface area contributed by atoms with Gasteiger partial charge < -0.3 is 4.90 Å². The number of alkyl halides is 1. The summed E-state index contributed by atoms with van der Waals surface area (Å²) in [5.74, 6) is 0.821. The molecule has 0 N–H and O–H groups in total. The number of halogens is 1. The number of unbranched alkanes of at least 4 members (excludes halogenated alkanes) is 3. The van der Waals surface area contributed by atoms with E-state index in [0.717, 1.165) is 5.88 Å². The van der Waals surface area contributed by atoms with E-state index in [0.29, 0.717) is 0 Å². The fourth-order valence-electron chi connectivity index (χ4n) is 1.42. The molecular formula is C11H24ClN. The van der Waals surface area contributed by atoms with Gasteiger partial charge in [0.25, 0.3) is 0 Å². The summed E-state index contributed by atoms with van der Waals surface area (Å²) in [6.45, 7) is 8.22. The van der Waals surface area contributed by atoms with E-state index in [9.17, 15) is 0 Å². The Hall–Kier alpha value is 0.250. The largest absolute Gasteiger partial charge is 0.304 e. The monoisotopic (exact) mass is 205 g/mol. The molecule has 0 heterocycles. The van der Waals surface area contributed by atoms with Crippen LogP contribution in [0.25, 0.3) is 0 Å². The Kier molecular flexibility index (Phi) is 10.5. The minimum absolute atomic E-state index is 0.821. The van der Waals surface area contributed by atoms with E-state index >= 15 is 0 Å². The van der Waals surface area contributed by atoms with Crippen molar-refractivity contribution in [3.8, 4) is 0 Å². The molecule has 0 amide bonds. The molecule has 0 saturated carbocycles. The molecule has 0 aromatic rings. The molecular weight excluding hydrogens is 182 g/mol.